The SMILES string of the molecule is Cc1cc(-c2ccc(F)cc2)cc(C)c1N. The molecule has 2 aromatic rings. The number of nitrogens with two attached hydrogens (primary N) is 1. The molecule has 0 aromatic heterocycles. The number of rotatable bonds is 1. The summed E-state index contributed by atoms with van der Waals surface area (Å²) in [5, 5.41) is 0. The molecule has 0 bridgehead atoms. The number of halogens is 1. The van der Waals surface area contributed by atoms with Gasteiger partial charge in [-0.05, 0) is 60.4 Å². The zero-order valence-corrected chi connectivity index (χ0v) is 9.42. The molecule has 0 fully saturated rings. The number of hydrogen-bond acceptors (Lipinski definition) is 1. The van der Waals surface area contributed by atoms with Crippen molar-refractivity contribution in [2.24, 2.45) is 0 Å². The maximum Gasteiger partial charge on any atom is 0.123 e. The fourth-order valence-corrected chi connectivity index (χ4v) is 1.78. The first-order valence-electron chi connectivity index (χ1n) is 5.20. The second-order valence-electron chi connectivity index (χ2n) is 4.03. The van der Waals surface area contributed by atoms with Gasteiger partial charge in [-0.1, -0.05) is 12.1 Å². The smallest absolute Gasteiger partial charge is 0.123 e. The van der Waals surface area contributed by atoms with Crippen molar-refractivity contribution in [1.82, 2.24) is 0 Å². The van der Waals surface area contributed by atoms with E-state index in [1.54, 1.807) is 12.1 Å². The molecular formula is C14H14FN. The summed E-state index contributed by atoms with van der Waals surface area (Å²) in [6.45, 7) is 3.96. The van der Waals surface area contributed by atoms with Crippen molar-refractivity contribution in [3.05, 3.63) is 53.3 Å². The minimum absolute atomic E-state index is 0.215. The molecule has 0 aliphatic carbocycles. The maximum atomic E-state index is 12.8. The fourth-order valence-electron chi connectivity index (χ4n) is 1.78. The number of aryl methyl sites for hydroxylation is 2. The lowest BCUT2D eigenvalue weighted by molar-refractivity contribution is 0.628. The topological polar surface area (TPSA) is 26.0 Å². The van der Waals surface area contributed by atoms with Crippen LogP contribution in [-0.4, -0.2) is 0 Å². The van der Waals surface area contributed by atoms with E-state index in [0.29, 0.717) is 0 Å². The molecule has 82 valence electrons. The Hall–Kier alpha value is -1.83. The van der Waals surface area contributed by atoms with E-state index in [0.717, 1.165) is 27.9 Å². The highest BCUT2D eigenvalue weighted by molar-refractivity contribution is 5.70. The Labute approximate surface area is 94.7 Å². The quantitative estimate of drug-likeness (QED) is 0.721. The molecule has 0 saturated carbocycles. The highest BCUT2D eigenvalue weighted by Crippen LogP contribution is 2.26. The van der Waals surface area contributed by atoms with Gasteiger partial charge in [0.2, 0.25) is 0 Å². The van der Waals surface area contributed by atoms with Gasteiger partial charge in [-0.2, -0.15) is 0 Å². The Bertz CT molecular complexity index is 492. The summed E-state index contributed by atoms with van der Waals surface area (Å²) >= 11 is 0. The van der Waals surface area contributed by atoms with E-state index >= 15 is 0 Å². The highest BCUT2D eigenvalue weighted by atomic mass is 19.1. The van der Waals surface area contributed by atoms with Gasteiger partial charge in [-0.3, -0.25) is 0 Å². The molecule has 2 heteroatoms. The van der Waals surface area contributed by atoms with Crippen LogP contribution in [0, 0.1) is 19.7 Å². The number of benzene rings is 2. The summed E-state index contributed by atoms with van der Waals surface area (Å²) in [5.41, 5.74) is 10.9. The molecule has 0 spiro atoms. The summed E-state index contributed by atoms with van der Waals surface area (Å²) in [5.74, 6) is -0.215. The van der Waals surface area contributed by atoms with Crippen LogP contribution in [0.15, 0.2) is 36.4 Å². The van der Waals surface area contributed by atoms with Crippen LogP contribution >= 0.6 is 0 Å². The average Bonchev–Trinajstić information content (AvgIpc) is 2.26. The number of anilines is 1. The zero-order chi connectivity index (χ0) is 11.7. The zero-order valence-electron chi connectivity index (χ0n) is 9.42. The molecule has 0 amide bonds. The Morgan fingerprint density at radius 1 is 0.875 bits per heavy atom. The van der Waals surface area contributed by atoms with Crippen LogP contribution in [-0.2, 0) is 0 Å². The van der Waals surface area contributed by atoms with E-state index in [4.69, 9.17) is 5.73 Å². The Morgan fingerprint density at radius 2 is 1.38 bits per heavy atom. The van der Waals surface area contributed by atoms with Gasteiger partial charge in [0.05, 0.1) is 0 Å². The molecule has 0 heterocycles. The van der Waals surface area contributed by atoms with Gasteiger partial charge in [0, 0.05) is 5.69 Å². The van der Waals surface area contributed by atoms with Crippen LogP contribution in [0.1, 0.15) is 11.1 Å². The van der Waals surface area contributed by atoms with Crippen LogP contribution in [0.4, 0.5) is 10.1 Å². The third-order valence-corrected chi connectivity index (χ3v) is 2.77. The van der Waals surface area contributed by atoms with E-state index in [2.05, 4.69) is 0 Å². The summed E-state index contributed by atoms with van der Waals surface area (Å²) < 4.78 is 12.8. The van der Waals surface area contributed by atoms with Crippen LogP contribution in [0.5, 0.6) is 0 Å². The van der Waals surface area contributed by atoms with Gasteiger partial charge < -0.3 is 5.73 Å². The van der Waals surface area contributed by atoms with Gasteiger partial charge in [-0.25, -0.2) is 4.39 Å². The highest BCUT2D eigenvalue weighted by Gasteiger charge is 2.03. The maximum absolute atomic E-state index is 12.8. The van der Waals surface area contributed by atoms with Gasteiger partial charge in [-0.15, -0.1) is 0 Å². The Morgan fingerprint density at radius 3 is 1.88 bits per heavy atom. The average molecular weight is 215 g/mol. The van der Waals surface area contributed by atoms with Crippen molar-refractivity contribution < 1.29 is 4.39 Å². The van der Waals surface area contributed by atoms with E-state index in [-0.39, 0.29) is 5.82 Å². The van der Waals surface area contributed by atoms with E-state index in [9.17, 15) is 4.39 Å². The first-order chi connectivity index (χ1) is 7.58. The third-order valence-electron chi connectivity index (χ3n) is 2.77. The third kappa shape index (κ3) is 1.91. The predicted octanol–water partition coefficient (Wildman–Crippen LogP) is 3.69. The van der Waals surface area contributed by atoms with E-state index < -0.39 is 0 Å². The first-order valence-corrected chi connectivity index (χ1v) is 5.20. The van der Waals surface area contributed by atoms with Gasteiger partial charge >= 0.3 is 0 Å². The predicted molar refractivity (Wildman–Crippen MR) is 65.7 cm³/mol. The summed E-state index contributed by atoms with van der Waals surface area (Å²) in [7, 11) is 0. The van der Waals surface area contributed by atoms with Crippen molar-refractivity contribution in [1.29, 1.82) is 0 Å². The summed E-state index contributed by atoms with van der Waals surface area (Å²) in [6, 6.07) is 10.5. The van der Waals surface area contributed by atoms with Crippen LogP contribution in [0.2, 0.25) is 0 Å². The molecule has 0 aliphatic rings. The summed E-state index contributed by atoms with van der Waals surface area (Å²) in [4.78, 5) is 0. The molecule has 2 N–H and O–H groups in total. The van der Waals surface area contributed by atoms with Gasteiger partial charge in [0.25, 0.3) is 0 Å². The van der Waals surface area contributed by atoms with Crippen LogP contribution < -0.4 is 5.73 Å². The number of hydrogen-bond donors (Lipinski definition) is 1. The molecule has 0 radical (unpaired) electrons. The first kappa shape index (κ1) is 10.7. The normalized spacial score (nSPS) is 10.4. The van der Waals surface area contributed by atoms with Crippen molar-refractivity contribution >= 4 is 5.69 Å². The Balaban J connectivity index is 2.52. The lowest BCUT2D eigenvalue weighted by Crippen LogP contribution is -1.94. The molecule has 0 unspecified atom stereocenters. The van der Waals surface area contributed by atoms with Crippen molar-refractivity contribution in [2.75, 3.05) is 5.73 Å². The second-order valence-corrected chi connectivity index (χ2v) is 4.03. The molecular weight excluding hydrogens is 201 g/mol. The Kier molecular flexibility index (Phi) is 2.65. The van der Waals surface area contributed by atoms with Crippen LogP contribution in [0.3, 0.4) is 0 Å². The van der Waals surface area contributed by atoms with E-state index in [1.807, 2.05) is 26.0 Å². The lowest BCUT2D eigenvalue weighted by atomic mass is 9.99. The number of nitrogen functional groups attached to an aromatic ring is 1. The molecule has 16 heavy (non-hydrogen) atoms. The molecule has 2 rings (SSSR count). The minimum atomic E-state index is -0.215. The molecule has 0 aliphatic heterocycles. The standard InChI is InChI=1S/C14H14FN/c1-9-7-12(8-10(2)14(9)16)11-3-5-13(15)6-4-11/h3-8H,16H2,1-2H3. The van der Waals surface area contributed by atoms with Crippen LogP contribution in [0.25, 0.3) is 11.1 Å². The molecule has 0 saturated heterocycles. The second kappa shape index (κ2) is 3.97. The lowest BCUT2D eigenvalue weighted by Gasteiger charge is -2.09. The molecule has 2 aromatic carbocycles. The summed E-state index contributed by atoms with van der Waals surface area (Å²) in [6.07, 6.45) is 0. The van der Waals surface area contributed by atoms with Gasteiger partial charge in [0.15, 0.2) is 0 Å². The van der Waals surface area contributed by atoms with E-state index in [1.165, 1.54) is 12.1 Å². The van der Waals surface area contributed by atoms with Crippen molar-refractivity contribution in [3.63, 3.8) is 0 Å². The van der Waals surface area contributed by atoms with Crippen molar-refractivity contribution in [3.8, 4) is 11.1 Å². The fraction of sp³-hybridized carbons (Fsp3) is 0.143. The monoisotopic (exact) mass is 215 g/mol. The molecule has 1 nitrogen and oxygen atoms in total. The minimum Gasteiger partial charge on any atom is -0.398 e. The van der Waals surface area contributed by atoms with Gasteiger partial charge in [0.1, 0.15) is 5.82 Å². The molecule has 0 atom stereocenters. The largest absolute Gasteiger partial charge is 0.398 e. The van der Waals surface area contributed by atoms with Crippen molar-refractivity contribution in [2.45, 2.75) is 13.8 Å².